The number of fused-ring (bicyclic) bond motifs is 1. The van der Waals surface area contributed by atoms with E-state index in [9.17, 15) is 0 Å². The molecule has 0 atom stereocenters. The van der Waals surface area contributed by atoms with Gasteiger partial charge in [-0.3, -0.25) is 0 Å². The highest BCUT2D eigenvalue weighted by atomic mass is 16.3. The summed E-state index contributed by atoms with van der Waals surface area (Å²) in [6, 6.07) is 5.46. The lowest BCUT2D eigenvalue weighted by molar-refractivity contribution is 0.586. The van der Waals surface area contributed by atoms with Crippen molar-refractivity contribution in [1.29, 1.82) is 0 Å². The molecule has 0 aliphatic heterocycles. The molecule has 0 amide bonds. The van der Waals surface area contributed by atoms with E-state index in [-0.39, 0.29) is 0 Å². The van der Waals surface area contributed by atoms with Crippen LogP contribution in [0.1, 0.15) is 19.2 Å². The van der Waals surface area contributed by atoms with Crippen molar-refractivity contribution in [3.8, 4) is 11.8 Å². The third-order valence-electron chi connectivity index (χ3n) is 1.82. The van der Waals surface area contributed by atoms with Crippen molar-refractivity contribution in [3.05, 3.63) is 24.1 Å². The van der Waals surface area contributed by atoms with Crippen molar-refractivity contribution in [2.75, 3.05) is 5.73 Å². The van der Waals surface area contributed by atoms with Gasteiger partial charge in [-0.15, -0.1) is 0 Å². The molecule has 0 aliphatic carbocycles. The number of nitrogens with two attached hydrogens (primary N) is 1. The van der Waals surface area contributed by atoms with E-state index in [0.717, 1.165) is 6.42 Å². The van der Waals surface area contributed by atoms with Crippen molar-refractivity contribution >= 4 is 16.8 Å². The van der Waals surface area contributed by atoms with Crippen LogP contribution in [-0.2, 0) is 0 Å². The fourth-order valence-electron chi connectivity index (χ4n) is 1.19. The largest absolute Gasteiger partial charge is 0.430 e. The van der Waals surface area contributed by atoms with Gasteiger partial charge >= 0.3 is 0 Å². The lowest BCUT2D eigenvalue weighted by Gasteiger charge is -1.89. The van der Waals surface area contributed by atoms with Crippen LogP contribution in [0.4, 0.5) is 5.69 Å². The second kappa shape index (κ2) is 3.43. The minimum atomic E-state index is 0.430. The molecule has 0 saturated carbocycles. The normalized spacial score (nSPS) is 9.79. The minimum absolute atomic E-state index is 0.430. The van der Waals surface area contributed by atoms with Crippen molar-refractivity contribution in [3.63, 3.8) is 0 Å². The van der Waals surface area contributed by atoms with Crippen LogP contribution in [0.25, 0.3) is 11.1 Å². The summed E-state index contributed by atoms with van der Waals surface area (Å²) >= 11 is 0. The van der Waals surface area contributed by atoms with Crippen LogP contribution in [0.2, 0.25) is 0 Å². The number of anilines is 1. The Kier molecular flexibility index (Phi) is 2.11. The summed E-state index contributed by atoms with van der Waals surface area (Å²) in [5.74, 6) is 6.16. The number of hydrogen-bond acceptors (Lipinski definition) is 3. The molecular formula is C11H10N2O. The molecule has 0 bridgehead atoms. The molecule has 2 N–H and O–H groups in total. The molecule has 70 valence electrons. The van der Waals surface area contributed by atoms with Crippen LogP contribution in [0.5, 0.6) is 0 Å². The molecule has 1 aromatic carbocycles. The topological polar surface area (TPSA) is 52.0 Å². The van der Waals surface area contributed by atoms with Gasteiger partial charge in [-0.05, 0) is 18.1 Å². The molecule has 14 heavy (non-hydrogen) atoms. The zero-order chi connectivity index (χ0) is 9.97. The van der Waals surface area contributed by atoms with Crippen LogP contribution in [-0.4, -0.2) is 4.98 Å². The summed E-state index contributed by atoms with van der Waals surface area (Å²) < 4.78 is 5.39. The Morgan fingerprint density at radius 1 is 1.50 bits per heavy atom. The Hall–Kier alpha value is -1.95. The lowest BCUT2D eigenvalue weighted by Crippen LogP contribution is -1.84. The van der Waals surface area contributed by atoms with Crippen LogP contribution in [0.3, 0.4) is 0 Å². The highest BCUT2D eigenvalue weighted by Gasteiger charge is 2.04. The zero-order valence-corrected chi connectivity index (χ0v) is 7.87. The Labute approximate surface area is 81.9 Å². The highest BCUT2D eigenvalue weighted by Crippen LogP contribution is 2.20. The maximum atomic E-state index is 5.73. The lowest BCUT2D eigenvalue weighted by atomic mass is 10.3. The van der Waals surface area contributed by atoms with Gasteiger partial charge in [0, 0.05) is 6.42 Å². The molecular weight excluding hydrogens is 176 g/mol. The minimum Gasteiger partial charge on any atom is -0.430 e. The first-order chi connectivity index (χ1) is 6.81. The average Bonchev–Trinajstić information content (AvgIpc) is 2.59. The summed E-state index contributed by atoms with van der Waals surface area (Å²) in [6.07, 6.45) is 0.786. The highest BCUT2D eigenvalue weighted by molar-refractivity contribution is 5.85. The summed E-state index contributed by atoms with van der Waals surface area (Å²) in [5.41, 5.74) is 7.72. The molecule has 0 saturated heterocycles. The molecule has 0 spiro atoms. The molecule has 1 heterocycles. The number of oxazole rings is 1. The Balaban J connectivity index is 2.57. The second-order valence-corrected chi connectivity index (χ2v) is 2.87. The molecule has 2 aromatic rings. The van der Waals surface area contributed by atoms with Gasteiger partial charge in [-0.25, -0.2) is 0 Å². The Bertz CT molecular complexity index is 517. The third-order valence-corrected chi connectivity index (χ3v) is 1.82. The van der Waals surface area contributed by atoms with Crippen molar-refractivity contribution in [1.82, 2.24) is 4.98 Å². The van der Waals surface area contributed by atoms with Crippen molar-refractivity contribution in [2.24, 2.45) is 0 Å². The van der Waals surface area contributed by atoms with E-state index < -0.39 is 0 Å². The summed E-state index contributed by atoms with van der Waals surface area (Å²) in [6.45, 7) is 1.98. The molecule has 0 radical (unpaired) electrons. The first-order valence-corrected chi connectivity index (χ1v) is 4.45. The Morgan fingerprint density at radius 2 is 2.36 bits per heavy atom. The predicted octanol–water partition coefficient (Wildman–Crippen LogP) is 2.17. The maximum absolute atomic E-state index is 5.73. The van der Waals surface area contributed by atoms with E-state index in [4.69, 9.17) is 10.2 Å². The monoisotopic (exact) mass is 186 g/mol. The third kappa shape index (κ3) is 1.42. The number of para-hydroxylation sites is 1. The van der Waals surface area contributed by atoms with Gasteiger partial charge in [0.25, 0.3) is 5.89 Å². The number of benzene rings is 1. The molecule has 0 fully saturated rings. The van der Waals surface area contributed by atoms with E-state index in [2.05, 4.69) is 16.8 Å². The summed E-state index contributed by atoms with van der Waals surface area (Å²) in [4.78, 5) is 4.18. The van der Waals surface area contributed by atoms with E-state index in [0.29, 0.717) is 22.7 Å². The second-order valence-electron chi connectivity index (χ2n) is 2.87. The van der Waals surface area contributed by atoms with Gasteiger partial charge in [0.05, 0.1) is 5.69 Å². The summed E-state index contributed by atoms with van der Waals surface area (Å²) in [7, 11) is 0. The van der Waals surface area contributed by atoms with E-state index in [1.165, 1.54) is 0 Å². The van der Waals surface area contributed by atoms with Crippen LogP contribution in [0, 0.1) is 11.8 Å². The van der Waals surface area contributed by atoms with Gasteiger partial charge in [0.2, 0.25) is 0 Å². The molecule has 2 rings (SSSR count). The summed E-state index contributed by atoms with van der Waals surface area (Å²) in [5, 5.41) is 0. The molecule has 3 nitrogen and oxygen atoms in total. The first kappa shape index (κ1) is 8.64. The van der Waals surface area contributed by atoms with E-state index in [1.807, 2.05) is 19.1 Å². The fourth-order valence-corrected chi connectivity index (χ4v) is 1.19. The number of aromatic nitrogens is 1. The van der Waals surface area contributed by atoms with Gasteiger partial charge in [0.15, 0.2) is 5.58 Å². The van der Waals surface area contributed by atoms with E-state index in [1.54, 1.807) is 6.07 Å². The number of hydrogen-bond donors (Lipinski definition) is 1. The smallest absolute Gasteiger partial charge is 0.274 e. The molecule has 3 heteroatoms. The van der Waals surface area contributed by atoms with Gasteiger partial charge in [-0.1, -0.05) is 18.9 Å². The Morgan fingerprint density at radius 3 is 3.07 bits per heavy atom. The number of nitrogens with zero attached hydrogens (tertiary/aromatic N) is 1. The number of nitrogen functional groups attached to an aromatic ring is 1. The fraction of sp³-hybridized carbons (Fsp3) is 0.182. The van der Waals surface area contributed by atoms with Gasteiger partial charge in [-0.2, -0.15) is 4.98 Å². The zero-order valence-electron chi connectivity index (χ0n) is 7.87. The van der Waals surface area contributed by atoms with Gasteiger partial charge in [0.1, 0.15) is 5.52 Å². The average molecular weight is 186 g/mol. The molecule has 1 aromatic heterocycles. The van der Waals surface area contributed by atoms with Crippen LogP contribution < -0.4 is 5.73 Å². The molecule has 0 unspecified atom stereocenters. The SMILES string of the molecule is CCC#Cc1nc2c(N)cccc2o1. The standard InChI is InChI=1S/C11H10N2O/c1-2-3-7-10-13-11-8(12)5-4-6-9(11)14-10/h4-6H,2,12H2,1H3. The van der Waals surface area contributed by atoms with E-state index >= 15 is 0 Å². The number of rotatable bonds is 0. The van der Waals surface area contributed by atoms with Crippen molar-refractivity contribution < 1.29 is 4.42 Å². The predicted molar refractivity (Wildman–Crippen MR) is 55.6 cm³/mol. The van der Waals surface area contributed by atoms with Crippen molar-refractivity contribution in [2.45, 2.75) is 13.3 Å². The van der Waals surface area contributed by atoms with Gasteiger partial charge < -0.3 is 10.2 Å². The molecule has 0 aliphatic rings. The quantitative estimate of drug-likeness (QED) is 0.506. The maximum Gasteiger partial charge on any atom is 0.274 e. The first-order valence-electron chi connectivity index (χ1n) is 4.45. The van der Waals surface area contributed by atoms with Crippen LogP contribution >= 0.6 is 0 Å². The van der Waals surface area contributed by atoms with Crippen LogP contribution in [0.15, 0.2) is 22.6 Å².